The molecule has 1 aliphatic heterocycles. The molecule has 1 aromatic carbocycles. The van der Waals surface area contributed by atoms with E-state index in [1.165, 1.54) is 12.1 Å². The molecule has 5 heteroatoms. The Morgan fingerprint density at radius 3 is 2.69 bits per heavy atom. The normalized spacial score (nSPS) is 22.6. The van der Waals surface area contributed by atoms with Crippen molar-refractivity contribution < 1.29 is 14.3 Å². The first-order valence-electron chi connectivity index (χ1n) is 9.26. The Bertz CT molecular complexity index is 835. The summed E-state index contributed by atoms with van der Waals surface area (Å²) in [6, 6.07) is 8.24. The van der Waals surface area contributed by atoms with Crippen LogP contribution in [0.25, 0.3) is 0 Å². The molecule has 4 rings (SSSR count). The predicted octanol–water partition coefficient (Wildman–Crippen LogP) is 3.38. The number of amides is 1. The van der Waals surface area contributed by atoms with Gasteiger partial charge in [0.05, 0.1) is 29.9 Å². The summed E-state index contributed by atoms with van der Waals surface area (Å²) in [4.78, 5) is 19.4. The molecular formula is C21H23FN2O2. The maximum Gasteiger partial charge on any atom is 0.256 e. The third kappa shape index (κ3) is 3.12. The lowest BCUT2D eigenvalue weighted by Crippen LogP contribution is -2.45. The molecule has 0 saturated heterocycles. The third-order valence-corrected chi connectivity index (χ3v) is 5.61. The summed E-state index contributed by atoms with van der Waals surface area (Å²) in [5.74, 6) is -0.284. The summed E-state index contributed by atoms with van der Waals surface area (Å²) in [6.07, 6.45) is 3.85. The quantitative estimate of drug-likeness (QED) is 0.919. The molecule has 1 N–H and O–H groups in total. The smallest absolute Gasteiger partial charge is 0.256 e. The van der Waals surface area contributed by atoms with Crippen molar-refractivity contribution in [2.45, 2.75) is 57.7 Å². The van der Waals surface area contributed by atoms with Crippen LogP contribution >= 0.6 is 0 Å². The predicted molar refractivity (Wildman–Crippen MR) is 96.3 cm³/mol. The molecule has 0 unspecified atom stereocenters. The molecule has 1 amide bonds. The Labute approximate surface area is 152 Å². The molecule has 4 nitrogen and oxygen atoms in total. The highest BCUT2D eigenvalue weighted by molar-refractivity contribution is 5.98. The Kier molecular flexibility index (Phi) is 4.49. The number of hydrogen-bond donors (Lipinski definition) is 1. The Morgan fingerprint density at radius 2 is 1.96 bits per heavy atom. The van der Waals surface area contributed by atoms with E-state index in [0.29, 0.717) is 18.5 Å². The van der Waals surface area contributed by atoms with E-state index in [4.69, 9.17) is 0 Å². The van der Waals surface area contributed by atoms with Crippen molar-refractivity contribution in [3.8, 4) is 0 Å². The SMILES string of the molecule is Cc1nc2c(cc1Cc1ccc(F)cc1)C(=O)N([C@H]1CCCC[C@@H]1O)C2. The first kappa shape index (κ1) is 17.2. The largest absolute Gasteiger partial charge is 0.391 e. The maximum absolute atomic E-state index is 13.1. The average Bonchev–Trinajstić information content (AvgIpc) is 2.93. The van der Waals surface area contributed by atoms with Gasteiger partial charge >= 0.3 is 0 Å². The highest BCUT2D eigenvalue weighted by Crippen LogP contribution is 2.31. The Morgan fingerprint density at radius 1 is 1.23 bits per heavy atom. The van der Waals surface area contributed by atoms with Gasteiger partial charge < -0.3 is 10.0 Å². The van der Waals surface area contributed by atoms with Gasteiger partial charge in [-0.3, -0.25) is 9.78 Å². The van der Waals surface area contributed by atoms with E-state index in [1.807, 2.05) is 13.0 Å². The summed E-state index contributed by atoms with van der Waals surface area (Å²) in [7, 11) is 0. The van der Waals surface area contributed by atoms with Gasteiger partial charge in [0, 0.05) is 5.69 Å². The van der Waals surface area contributed by atoms with E-state index in [0.717, 1.165) is 48.2 Å². The number of hydrogen-bond acceptors (Lipinski definition) is 3. The van der Waals surface area contributed by atoms with Gasteiger partial charge in [0.2, 0.25) is 0 Å². The van der Waals surface area contributed by atoms with Gasteiger partial charge in [-0.2, -0.15) is 0 Å². The minimum atomic E-state index is -0.443. The van der Waals surface area contributed by atoms with Crippen LogP contribution in [0.2, 0.25) is 0 Å². The fourth-order valence-electron chi connectivity index (χ4n) is 4.11. The van der Waals surface area contributed by atoms with E-state index in [9.17, 15) is 14.3 Å². The number of aryl methyl sites for hydroxylation is 1. The number of carbonyl (C=O) groups excluding carboxylic acids is 1. The lowest BCUT2D eigenvalue weighted by atomic mass is 9.91. The molecule has 2 atom stereocenters. The van der Waals surface area contributed by atoms with Crippen LogP contribution in [0, 0.1) is 12.7 Å². The molecule has 2 heterocycles. The van der Waals surface area contributed by atoms with Crippen molar-refractivity contribution in [2.24, 2.45) is 0 Å². The Hall–Kier alpha value is -2.27. The van der Waals surface area contributed by atoms with Crippen molar-refractivity contribution >= 4 is 5.91 Å². The molecule has 0 radical (unpaired) electrons. The molecule has 2 aliphatic rings. The maximum atomic E-state index is 13.1. The molecule has 26 heavy (non-hydrogen) atoms. The minimum Gasteiger partial charge on any atom is -0.391 e. The van der Waals surface area contributed by atoms with Crippen LogP contribution < -0.4 is 0 Å². The number of carbonyl (C=O) groups is 1. The van der Waals surface area contributed by atoms with Crippen molar-refractivity contribution in [1.82, 2.24) is 9.88 Å². The van der Waals surface area contributed by atoms with E-state index in [-0.39, 0.29) is 17.8 Å². The zero-order valence-corrected chi connectivity index (χ0v) is 14.9. The number of benzene rings is 1. The van der Waals surface area contributed by atoms with Gasteiger partial charge in [0.25, 0.3) is 5.91 Å². The first-order chi connectivity index (χ1) is 12.5. The second kappa shape index (κ2) is 6.80. The van der Waals surface area contributed by atoms with Crippen LogP contribution in [0.5, 0.6) is 0 Å². The monoisotopic (exact) mass is 354 g/mol. The average molecular weight is 354 g/mol. The summed E-state index contributed by atoms with van der Waals surface area (Å²) in [5.41, 5.74) is 4.31. The summed E-state index contributed by atoms with van der Waals surface area (Å²) < 4.78 is 13.1. The zero-order chi connectivity index (χ0) is 18.3. The van der Waals surface area contributed by atoms with E-state index in [2.05, 4.69) is 4.98 Å². The van der Waals surface area contributed by atoms with Crippen molar-refractivity contribution in [1.29, 1.82) is 0 Å². The first-order valence-corrected chi connectivity index (χ1v) is 9.26. The summed E-state index contributed by atoms with van der Waals surface area (Å²) in [6.45, 7) is 2.43. The number of aromatic nitrogens is 1. The topological polar surface area (TPSA) is 53.4 Å². The van der Waals surface area contributed by atoms with Crippen LogP contribution in [0.4, 0.5) is 4.39 Å². The molecule has 1 aromatic heterocycles. The zero-order valence-electron chi connectivity index (χ0n) is 14.9. The number of aliphatic hydroxyl groups is 1. The molecular weight excluding hydrogens is 331 g/mol. The fourth-order valence-corrected chi connectivity index (χ4v) is 4.11. The van der Waals surface area contributed by atoms with Gasteiger partial charge in [-0.15, -0.1) is 0 Å². The van der Waals surface area contributed by atoms with Crippen LogP contribution in [-0.4, -0.2) is 33.0 Å². The number of halogens is 1. The van der Waals surface area contributed by atoms with Crippen LogP contribution in [0.1, 0.15) is 58.6 Å². The van der Waals surface area contributed by atoms with Gasteiger partial charge in [-0.25, -0.2) is 4.39 Å². The van der Waals surface area contributed by atoms with Crippen LogP contribution in [0.15, 0.2) is 30.3 Å². The lowest BCUT2D eigenvalue weighted by Gasteiger charge is -2.34. The van der Waals surface area contributed by atoms with Gasteiger partial charge in [-0.05, 0) is 55.5 Å². The fraction of sp³-hybridized carbons (Fsp3) is 0.429. The molecule has 0 bridgehead atoms. The molecule has 1 fully saturated rings. The number of rotatable bonds is 3. The third-order valence-electron chi connectivity index (χ3n) is 5.61. The molecule has 136 valence electrons. The second-order valence-corrected chi connectivity index (χ2v) is 7.38. The molecule has 0 spiro atoms. The highest BCUT2D eigenvalue weighted by Gasteiger charge is 2.38. The van der Waals surface area contributed by atoms with Gasteiger partial charge in [0.1, 0.15) is 5.82 Å². The lowest BCUT2D eigenvalue weighted by molar-refractivity contribution is 0.0189. The number of aliphatic hydroxyl groups excluding tert-OH is 1. The second-order valence-electron chi connectivity index (χ2n) is 7.38. The number of fused-ring (bicyclic) bond motifs is 1. The summed E-state index contributed by atoms with van der Waals surface area (Å²) in [5, 5.41) is 10.3. The van der Waals surface area contributed by atoms with E-state index < -0.39 is 6.10 Å². The Balaban J connectivity index is 1.59. The van der Waals surface area contributed by atoms with Crippen LogP contribution in [-0.2, 0) is 13.0 Å². The molecule has 1 saturated carbocycles. The van der Waals surface area contributed by atoms with Gasteiger partial charge in [-0.1, -0.05) is 25.0 Å². The van der Waals surface area contributed by atoms with E-state index >= 15 is 0 Å². The van der Waals surface area contributed by atoms with Crippen LogP contribution in [0.3, 0.4) is 0 Å². The highest BCUT2D eigenvalue weighted by atomic mass is 19.1. The number of pyridine rings is 1. The van der Waals surface area contributed by atoms with Crippen molar-refractivity contribution in [3.63, 3.8) is 0 Å². The minimum absolute atomic E-state index is 0.0289. The van der Waals surface area contributed by atoms with Crippen molar-refractivity contribution in [3.05, 3.63) is 64.2 Å². The standard InChI is InChI=1S/C21H23FN2O2/c1-13-15(10-14-6-8-16(22)9-7-14)11-17-18(23-13)12-24(21(17)26)19-4-2-3-5-20(19)25/h6-9,11,19-20,25H,2-5,10,12H2,1H3/t19-,20-/m0/s1. The number of nitrogens with zero attached hydrogens (tertiary/aromatic N) is 2. The molecule has 2 aromatic rings. The van der Waals surface area contributed by atoms with Gasteiger partial charge in [0.15, 0.2) is 0 Å². The molecule has 1 aliphatic carbocycles. The van der Waals surface area contributed by atoms with E-state index in [1.54, 1.807) is 17.0 Å². The van der Waals surface area contributed by atoms with Crippen molar-refractivity contribution in [2.75, 3.05) is 0 Å². The summed E-state index contributed by atoms with van der Waals surface area (Å²) >= 11 is 0.